The minimum absolute atomic E-state index is 0.109. The third-order valence-electron chi connectivity index (χ3n) is 2.90. The molecule has 0 fully saturated rings. The molecule has 0 saturated carbocycles. The zero-order valence-electron chi connectivity index (χ0n) is 13.4. The van der Waals surface area contributed by atoms with Crippen molar-refractivity contribution in [3.05, 3.63) is 0 Å². The first-order valence-corrected chi connectivity index (χ1v) is 9.05. The smallest absolute Gasteiger partial charge is 0.306 e. The van der Waals surface area contributed by atoms with Crippen LogP contribution in [0.1, 0.15) is 65.2 Å². The van der Waals surface area contributed by atoms with Gasteiger partial charge in [0.25, 0.3) is 0 Å². The van der Waals surface area contributed by atoms with Crippen molar-refractivity contribution in [1.29, 1.82) is 0 Å². The number of hydrogen-bond acceptors (Lipinski definition) is 4. The molecule has 0 aliphatic carbocycles. The Hall–Kier alpha value is -0.580. The molecule has 0 radical (unpaired) electrons. The molecular weight excluding hydrogens is 336 g/mol. The molecule has 21 heavy (non-hydrogen) atoms. The summed E-state index contributed by atoms with van der Waals surface area (Å²) in [7, 11) is 0. The first kappa shape index (κ1) is 20.4. The number of alkyl halides is 1. The molecule has 0 rings (SSSR count). The monoisotopic (exact) mass is 364 g/mol. The number of unbranched alkanes of at least 4 members (excludes halogenated alkanes) is 5. The van der Waals surface area contributed by atoms with E-state index in [1.54, 1.807) is 0 Å². The Balaban J connectivity index is 3.36. The predicted molar refractivity (Wildman–Crippen MR) is 87.5 cm³/mol. The van der Waals surface area contributed by atoms with E-state index in [-0.39, 0.29) is 24.8 Å². The Kier molecular flexibility index (Phi) is 14.0. The largest absolute Gasteiger partial charge is 0.466 e. The van der Waals surface area contributed by atoms with E-state index in [1.807, 2.05) is 13.8 Å². The van der Waals surface area contributed by atoms with Crippen LogP contribution in [0.3, 0.4) is 0 Å². The summed E-state index contributed by atoms with van der Waals surface area (Å²) in [5, 5.41) is 1.07. The van der Waals surface area contributed by atoms with Crippen molar-refractivity contribution in [3.8, 4) is 0 Å². The average Bonchev–Trinajstić information content (AvgIpc) is 2.45. The van der Waals surface area contributed by atoms with E-state index >= 15 is 0 Å². The van der Waals surface area contributed by atoms with Crippen molar-refractivity contribution >= 4 is 27.9 Å². The molecule has 4 nitrogen and oxygen atoms in total. The van der Waals surface area contributed by atoms with Gasteiger partial charge in [0.15, 0.2) is 0 Å². The maximum atomic E-state index is 11.4. The van der Waals surface area contributed by atoms with Crippen LogP contribution in [0.2, 0.25) is 0 Å². The molecule has 0 amide bonds. The van der Waals surface area contributed by atoms with Crippen molar-refractivity contribution in [2.24, 2.45) is 5.92 Å². The van der Waals surface area contributed by atoms with Crippen LogP contribution in [0, 0.1) is 5.92 Å². The van der Waals surface area contributed by atoms with Gasteiger partial charge in [0.1, 0.15) is 0 Å². The van der Waals surface area contributed by atoms with Gasteiger partial charge < -0.3 is 9.47 Å². The number of carbonyl (C=O) groups is 2. The first-order chi connectivity index (χ1) is 10.1. The molecule has 5 heteroatoms. The zero-order chi connectivity index (χ0) is 15.9. The van der Waals surface area contributed by atoms with Crippen LogP contribution in [0.4, 0.5) is 0 Å². The number of rotatable bonds is 13. The summed E-state index contributed by atoms with van der Waals surface area (Å²) in [6, 6.07) is 0. The van der Waals surface area contributed by atoms with Gasteiger partial charge in [-0.25, -0.2) is 0 Å². The Morgan fingerprint density at radius 3 is 1.95 bits per heavy atom. The summed E-state index contributed by atoms with van der Waals surface area (Å²) >= 11 is 3.41. The number of halogens is 1. The van der Waals surface area contributed by atoms with Gasteiger partial charge in [-0.05, 0) is 18.8 Å². The molecule has 0 aromatic carbocycles. The number of hydrogen-bond donors (Lipinski definition) is 0. The fraction of sp³-hybridized carbons (Fsp3) is 0.875. The third-order valence-corrected chi connectivity index (χ3v) is 3.46. The topological polar surface area (TPSA) is 52.6 Å². The van der Waals surface area contributed by atoms with Crippen molar-refractivity contribution in [1.82, 2.24) is 0 Å². The quantitative estimate of drug-likeness (QED) is 0.278. The van der Waals surface area contributed by atoms with Crippen LogP contribution in [-0.2, 0) is 19.1 Å². The molecule has 0 atom stereocenters. The summed E-state index contributed by atoms with van der Waals surface area (Å²) < 4.78 is 10.1. The lowest BCUT2D eigenvalue weighted by Gasteiger charge is -2.07. The first-order valence-electron chi connectivity index (χ1n) is 7.93. The fourth-order valence-electron chi connectivity index (χ4n) is 1.70. The molecule has 0 aromatic rings. The highest BCUT2D eigenvalue weighted by molar-refractivity contribution is 9.09. The van der Waals surface area contributed by atoms with Gasteiger partial charge in [-0.3, -0.25) is 9.59 Å². The molecule has 0 aliphatic heterocycles. The molecule has 124 valence electrons. The van der Waals surface area contributed by atoms with E-state index < -0.39 is 0 Å². The maximum Gasteiger partial charge on any atom is 0.306 e. The second-order valence-corrected chi connectivity index (χ2v) is 6.40. The van der Waals surface area contributed by atoms with E-state index in [1.165, 1.54) is 25.7 Å². The SMILES string of the molecule is CC(C)COC(=O)CCC(=O)OCCCCCCCCBr. The minimum atomic E-state index is -0.326. The summed E-state index contributed by atoms with van der Waals surface area (Å²) in [6.07, 6.45) is 7.11. The molecule has 0 spiro atoms. The molecule has 0 heterocycles. The lowest BCUT2D eigenvalue weighted by Crippen LogP contribution is -2.13. The number of esters is 2. The van der Waals surface area contributed by atoms with Crippen molar-refractivity contribution in [2.45, 2.75) is 65.2 Å². The van der Waals surface area contributed by atoms with Gasteiger partial charge in [-0.2, -0.15) is 0 Å². The zero-order valence-corrected chi connectivity index (χ0v) is 15.0. The fourth-order valence-corrected chi connectivity index (χ4v) is 2.09. The van der Waals surface area contributed by atoms with E-state index in [2.05, 4.69) is 15.9 Å². The Bertz CT molecular complexity index is 279. The van der Waals surface area contributed by atoms with Gasteiger partial charge in [0.05, 0.1) is 26.1 Å². The second-order valence-electron chi connectivity index (χ2n) is 5.61. The van der Waals surface area contributed by atoms with Gasteiger partial charge in [0.2, 0.25) is 0 Å². The van der Waals surface area contributed by atoms with Crippen molar-refractivity contribution < 1.29 is 19.1 Å². The van der Waals surface area contributed by atoms with Crippen LogP contribution in [-0.4, -0.2) is 30.5 Å². The third kappa shape index (κ3) is 15.6. The lowest BCUT2D eigenvalue weighted by molar-refractivity contribution is -0.151. The van der Waals surface area contributed by atoms with E-state index in [0.29, 0.717) is 19.1 Å². The highest BCUT2D eigenvalue weighted by Gasteiger charge is 2.09. The van der Waals surface area contributed by atoms with Crippen LogP contribution < -0.4 is 0 Å². The number of carbonyl (C=O) groups excluding carboxylic acids is 2. The number of ether oxygens (including phenoxy) is 2. The van der Waals surface area contributed by atoms with Crippen LogP contribution in [0.5, 0.6) is 0 Å². The summed E-state index contributed by atoms with van der Waals surface area (Å²) in [6.45, 7) is 4.81. The Labute approximate surface area is 137 Å². The van der Waals surface area contributed by atoms with E-state index in [9.17, 15) is 9.59 Å². The predicted octanol–water partition coefficient (Wildman–Crippen LogP) is 4.24. The Morgan fingerprint density at radius 2 is 1.38 bits per heavy atom. The maximum absolute atomic E-state index is 11.4. The lowest BCUT2D eigenvalue weighted by atomic mass is 10.1. The molecule has 0 saturated heterocycles. The molecule has 0 bridgehead atoms. The molecular formula is C16H29BrO4. The van der Waals surface area contributed by atoms with Gasteiger partial charge in [-0.15, -0.1) is 0 Å². The van der Waals surface area contributed by atoms with Gasteiger partial charge >= 0.3 is 11.9 Å². The van der Waals surface area contributed by atoms with Gasteiger partial charge in [0, 0.05) is 5.33 Å². The standard InChI is InChI=1S/C16H29BrO4/c1-14(2)13-21-16(19)10-9-15(18)20-12-8-6-4-3-5-7-11-17/h14H,3-13H2,1-2H3. The van der Waals surface area contributed by atoms with Crippen LogP contribution >= 0.6 is 15.9 Å². The van der Waals surface area contributed by atoms with Gasteiger partial charge in [-0.1, -0.05) is 55.5 Å². The summed E-state index contributed by atoms with van der Waals surface area (Å²) in [5.41, 5.74) is 0. The van der Waals surface area contributed by atoms with E-state index in [0.717, 1.165) is 18.2 Å². The van der Waals surface area contributed by atoms with Crippen LogP contribution in [0.25, 0.3) is 0 Å². The minimum Gasteiger partial charge on any atom is -0.466 e. The summed E-state index contributed by atoms with van der Waals surface area (Å²) in [5.74, 6) is -0.321. The highest BCUT2D eigenvalue weighted by atomic mass is 79.9. The normalized spacial score (nSPS) is 10.7. The Morgan fingerprint density at radius 1 is 0.857 bits per heavy atom. The summed E-state index contributed by atoms with van der Waals surface area (Å²) in [4.78, 5) is 22.7. The molecule has 0 aliphatic rings. The molecule has 0 unspecified atom stereocenters. The highest BCUT2D eigenvalue weighted by Crippen LogP contribution is 2.07. The molecule has 0 N–H and O–H groups in total. The van der Waals surface area contributed by atoms with Crippen LogP contribution in [0.15, 0.2) is 0 Å². The average molecular weight is 365 g/mol. The molecule has 0 aromatic heterocycles. The second kappa shape index (κ2) is 14.4. The van der Waals surface area contributed by atoms with Crippen molar-refractivity contribution in [3.63, 3.8) is 0 Å². The van der Waals surface area contributed by atoms with E-state index in [4.69, 9.17) is 9.47 Å². The van der Waals surface area contributed by atoms with Crippen molar-refractivity contribution in [2.75, 3.05) is 18.5 Å².